The Balaban J connectivity index is 2.69. The average Bonchev–Trinajstić information content (AvgIpc) is 2.37. The SMILES string of the molecule is COc1cccc(C#N)c1NC(=O)CNCC(F)(F)F. The van der Waals surface area contributed by atoms with Gasteiger partial charge in [0.2, 0.25) is 5.91 Å². The lowest BCUT2D eigenvalue weighted by atomic mass is 10.1. The van der Waals surface area contributed by atoms with Crippen molar-refractivity contribution in [3.05, 3.63) is 23.8 Å². The molecule has 0 aromatic heterocycles. The minimum atomic E-state index is -4.39. The predicted octanol–water partition coefficient (Wildman–Crippen LogP) is 1.66. The topological polar surface area (TPSA) is 74.1 Å². The molecule has 0 saturated heterocycles. The third kappa shape index (κ3) is 4.78. The number of nitrogens with zero attached hydrogens (tertiary/aromatic N) is 1. The molecule has 0 bridgehead atoms. The van der Waals surface area contributed by atoms with E-state index in [2.05, 4.69) is 5.32 Å². The number of halogens is 3. The standard InChI is InChI=1S/C12H12F3N3O2/c1-20-9-4-2-3-8(5-16)11(9)18-10(19)6-17-7-12(13,14)15/h2-4,17H,6-7H2,1H3,(H,18,19). The summed E-state index contributed by atoms with van der Waals surface area (Å²) in [5.74, 6) is -0.441. The quantitative estimate of drug-likeness (QED) is 0.863. The van der Waals surface area contributed by atoms with Gasteiger partial charge in [0.25, 0.3) is 0 Å². The first-order valence-electron chi connectivity index (χ1n) is 5.52. The zero-order valence-corrected chi connectivity index (χ0v) is 10.5. The number of methoxy groups -OCH3 is 1. The van der Waals surface area contributed by atoms with Gasteiger partial charge in [0.1, 0.15) is 17.5 Å². The largest absolute Gasteiger partial charge is 0.495 e. The number of carbonyl (C=O) groups is 1. The summed E-state index contributed by atoms with van der Waals surface area (Å²) in [5, 5.41) is 13.2. The van der Waals surface area contributed by atoms with Crippen LogP contribution < -0.4 is 15.4 Å². The van der Waals surface area contributed by atoms with Crippen molar-refractivity contribution in [3.8, 4) is 11.8 Å². The molecular weight excluding hydrogens is 275 g/mol. The molecule has 5 nitrogen and oxygen atoms in total. The van der Waals surface area contributed by atoms with Gasteiger partial charge in [-0.05, 0) is 12.1 Å². The zero-order valence-electron chi connectivity index (χ0n) is 10.5. The smallest absolute Gasteiger partial charge is 0.401 e. The molecule has 1 amide bonds. The van der Waals surface area contributed by atoms with Gasteiger partial charge in [-0.1, -0.05) is 6.07 Å². The fraction of sp³-hybridized carbons (Fsp3) is 0.333. The van der Waals surface area contributed by atoms with Crippen molar-refractivity contribution >= 4 is 11.6 Å². The number of benzene rings is 1. The lowest BCUT2D eigenvalue weighted by molar-refractivity contribution is -0.126. The van der Waals surface area contributed by atoms with E-state index in [9.17, 15) is 18.0 Å². The van der Waals surface area contributed by atoms with E-state index in [0.29, 0.717) is 0 Å². The lowest BCUT2D eigenvalue weighted by Crippen LogP contribution is -2.35. The Morgan fingerprint density at radius 3 is 2.70 bits per heavy atom. The fourth-order valence-electron chi connectivity index (χ4n) is 1.42. The van der Waals surface area contributed by atoms with Crippen LogP contribution >= 0.6 is 0 Å². The molecule has 0 atom stereocenters. The van der Waals surface area contributed by atoms with Gasteiger partial charge in [0.05, 0.1) is 25.8 Å². The maximum Gasteiger partial charge on any atom is 0.401 e. The van der Waals surface area contributed by atoms with Crippen LogP contribution in [-0.4, -0.2) is 32.3 Å². The molecule has 2 N–H and O–H groups in total. The monoisotopic (exact) mass is 287 g/mol. The Bertz CT molecular complexity index is 524. The molecule has 0 aliphatic heterocycles. The van der Waals surface area contributed by atoms with Gasteiger partial charge < -0.3 is 15.4 Å². The fourth-order valence-corrected chi connectivity index (χ4v) is 1.42. The van der Waals surface area contributed by atoms with Gasteiger partial charge in [0, 0.05) is 0 Å². The van der Waals surface area contributed by atoms with Crippen LogP contribution in [0.1, 0.15) is 5.56 Å². The molecule has 0 spiro atoms. The Kier molecular flexibility index (Phi) is 5.34. The Morgan fingerprint density at radius 2 is 2.15 bits per heavy atom. The summed E-state index contributed by atoms with van der Waals surface area (Å²) in [6.07, 6.45) is -4.39. The molecule has 8 heteroatoms. The second-order valence-electron chi connectivity index (χ2n) is 3.76. The van der Waals surface area contributed by atoms with Gasteiger partial charge in [-0.15, -0.1) is 0 Å². The van der Waals surface area contributed by atoms with E-state index in [1.165, 1.54) is 19.2 Å². The summed E-state index contributed by atoms with van der Waals surface area (Å²) < 4.78 is 40.7. The van der Waals surface area contributed by atoms with E-state index < -0.39 is 25.2 Å². The maximum absolute atomic E-state index is 11.9. The number of amides is 1. The van der Waals surface area contributed by atoms with E-state index in [1.807, 2.05) is 11.4 Å². The first-order chi connectivity index (χ1) is 9.37. The molecule has 0 radical (unpaired) electrons. The number of hydrogen-bond donors (Lipinski definition) is 2. The lowest BCUT2D eigenvalue weighted by Gasteiger charge is -2.12. The molecule has 108 valence electrons. The van der Waals surface area contributed by atoms with Gasteiger partial charge in [-0.25, -0.2) is 0 Å². The van der Waals surface area contributed by atoms with E-state index in [4.69, 9.17) is 10.00 Å². The Morgan fingerprint density at radius 1 is 1.45 bits per heavy atom. The summed E-state index contributed by atoms with van der Waals surface area (Å²) in [5.41, 5.74) is 0.296. The summed E-state index contributed by atoms with van der Waals surface area (Å²) in [6.45, 7) is -1.79. The Hall–Kier alpha value is -2.27. The normalized spacial score (nSPS) is 10.8. The van der Waals surface area contributed by atoms with Crippen LogP contribution in [0.4, 0.5) is 18.9 Å². The van der Waals surface area contributed by atoms with Crippen LogP contribution in [0.3, 0.4) is 0 Å². The minimum Gasteiger partial charge on any atom is -0.495 e. The number of carbonyl (C=O) groups excluding carboxylic acids is 1. The number of para-hydroxylation sites is 1. The van der Waals surface area contributed by atoms with Gasteiger partial charge in [-0.2, -0.15) is 18.4 Å². The van der Waals surface area contributed by atoms with Crippen molar-refractivity contribution in [2.24, 2.45) is 0 Å². The number of nitrogens with one attached hydrogen (secondary N) is 2. The number of rotatable bonds is 5. The van der Waals surface area contributed by atoms with E-state index in [-0.39, 0.29) is 17.0 Å². The Labute approximate surface area is 113 Å². The van der Waals surface area contributed by atoms with Gasteiger partial charge >= 0.3 is 6.18 Å². The molecule has 1 aromatic rings. The maximum atomic E-state index is 11.9. The molecule has 1 aromatic carbocycles. The highest BCUT2D eigenvalue weighted by atomic mass is 19.4. The number of ether oxygens (including phenoxy) is 1. The van der Waals surface area contributed by atoms with E-state index in [0.717, 1.165) is 0 Å². The molecule has 0 fully saturated rings. The summed E-state index contributed by atoms with van der Waals surface area (Å²) in [4.78, 5) is 11.5. The summed E-state index contributed by atoms with van der Waals surface area (Å²) in [7, 11) is 1.36. The number of hydrogen-bond acceptors (Lipinski definition) is 4. The predicted molar refractivity (Wildman–Crippen MR) is 65.3 cm³/mol. The van der Waals surface area contributed by atoms with Gasteiger partial charge in [0.15, 0.2) is 0 Å². The molecular formula is C12H12F3N3O2. The van der Waals surface area contributed by atoms with Crippen LogP contribution in [0, 0.1) is 11.3 Å². The minimum absolute atomic E-state index is 0.135. The van der Waals surface area contributed by atoms with Crippen molar-refractivity contribution < 1.29 is 22.7 Å². The van der Waals surface area contributed by atoms with Crippen LogP contribution in [0.2, 0.25) is 0 Å². The first-order valence-corrected chi connectivity index (χ1v) is 5.52. The number of nitriles is 1. The molecule has 1 rings (SSSR count). The number of anilines is 1. The molecule has 0 heterocycles. The average molecular weight is 287 g/mol. The van der Waals surface area contributed by atoms with Gasteiger partial charge in [-0.3, -0.25) is 4.79 Å². The first kappa shape index (κ1) is 15.8. The molecule has 0 aliphatic rings. The molecule has 20 heavy (non-hydrogen) atoms. The highest BCUT2D eigenvalue weighted by Crippen LogP contribution is 2.27. The van der Waals surface area contributed by atoms with Crippen molar-refractivity contribution in [2.45, 2.75) is 6.18 Å². The molecule has 0 saturated carbocycles. The third-order valence-electron chi connectivity index (χ3n) is 2.24. The van der Waals surface area contributed by atoms with Crippen molar-refractivity contribution in [2.75, 3.05) is 25.5 Å². The van der Waals surface area contributed by atoms with E-state index in [1.54, 1.807) is 6.07 Å². The van der Waals surface area contributed by atoms with Crippen LogP contribution in [0.15, 0.2) is 18.2 Å². The third-order valence-corrected chi connectivity index (χ3v) is 2.24. The van der Waals surface area contributed by atoms with Crippen molar-refractivity contribution in [1.29, 1.82) is 5.26 Å². The summed E-state index contributed by atoms with van der Waals surface area (Å²) in [6, 6.07) is 6.41. The van der Waals surface area contributed by atoms with Crippen LogP contribution in [-0.2, 0) is 4.79 Å². The van der Waals surface area contributed by atoms with Crippen molar-refractivity contribution in [1.82, 2.24) is 5.32 Å². The highest BCUT2D eigenvalue weighted by molar-refractivity contribution is 5.95. The second-order valence-corrected chi connectivity index (χ2v) is 3.76. The van der Waals surface area contributed by atoms with Crippen molar-refractivity contribution in [3.63, 3.8) is 0 Å². The summed E-state index contributed by atoms with van der Waals surface area (Å²) >= 11 is 0. The van der Waals surface area contributed by atoms with Crippen LogP contribution in [0.5, 0.6) is 5.75 Å². The van der Waals surface area contributed by atoms with Crippen LogP contribution in [0.25, 0.3) is 0 Å². The zero-order chi connectivity index (χ0) is 15.2. The second kappa shape index (κ2) is 6.77. The number of alkyl halides is 3. The highest BCUT2D eigenvalue weighted by Gasteiger charge is 2.26. The molecule has 0 unspecified atom stereocenters. The molecule has 0 aliphatic carbocycles. The van der Waals surface area contributed by atoms with E-state index >= 15 is 0 Å².